The normalized spacial score (nSPS) is 33.2. The van der Waals surface area contributed by atoms with Gasteiger partial charge in [-0.3, -0.25) is 0 Å². The highest BCUT2D eigenvalue weighted by Gasteiger charge is 2.47. The largest absolute Gasteiger partial charge is 0.450 e. The maximum atomic E-state index is 12.0. The smallest absolute Gasteiger partial charge is 0.407 e. The molecule has 1 heterocycles. The SMILES string of the molecule is CCOC(=O)N[C@H]1CC2(CCN(C[C@H]3C[C@H]4CCC3C4)CC2)c2ccccc21. The molecule has 1 saturated heterocycles. The van der Waals surface area contributed by atoms with Gasteiger partial charge in [0, 0.05) is 12.0 Å². The van der Waals surface area contributed by atoms with Crippen molar-refractivity contribution >= 4 is 6.09 Å². The zero-order valence-electron chi connectivity index (χ0n) is 17.2. The highest BCUT2D eigenvalue weighted by molar-refractivity contribution is 5.68. The number of carbonyl (C=O) groups is 1. The number of fused-ring (bicyclic) bond motifs is 4. The molecule has 4 atom stereocenters. The van der Waals surface area contributed by atoms with E-state index < -0.39 is 0 Å². The molecule has 2 bridgehead atoms. The van der Waals surface area contributed by atoms with E-state index in [4.69, 9.17) is 4.74 Å². The summed E-state index contributed by atoms with van der Waals surface area (Å²) in [6.07, 6.45) is 9.15. The molecule has 0 aromatic heterocycles. The number of nitrogens with zero attached hydrogens (tertiary/aromatic N) is 1. The molecule has 2 saturated carbocycles. The van der Waals surface area contributed by atoms with Crippen molar-refractivity contribution in [3.63, 3.8) is 0 Å². The highest BCUT2D eigenvalue weighted by Crippen LogP contribution is 2.52. The van der Waals surface area contributed by atoms with Crippen molar-refractivity contribution in [3.05, 3.63) is 35.4 Å². The highest BCUT2D eigenvalue weighted by atomic mass is 16.5. The van der Waals surface area contributed by atoms with Crippen LogP contribution in [0.3, 0.4) is 0 Å². The first-order valence-corrected chi connectivity index (χ1v) is 11.4. The zero-order valence-corrected chi connectivity index (χ0v) is 17.2. The Hall–Kier alpha value is -1.55. The number of nitrogens with one attached hydrogen (secondary N) is 1. The number of hydrogen-bond donors (Lipinski definition) is 1. The number of amides is 1. The van der Waals surface area contributed by atoms with Crippen LogP contribution in [-0.2, 0) is 10.2 Å². The second-order valence-corrected chi connectivity index (χ2v) is 9.72. The van der Waals surface area contributed by atoms with Crippen LogP contribution in [-0.4, -0.2) is 37.2 Å². The van der Waals surface area contributed by atoms with Crippen LogP contribution < -0.4 is 5.32 Å². The molecule has 4 aliphatic rings. The summed E-state index contributed by atoms with van der Waals surface area (Å²) in [4.78, 5) is 14.8. The van der Waals surface area contributed by atoms with Gasteiger partial charge >= 0.3 is 6.09 Å². The summed E-state index contributed by atoms with van der Waals surface area (Å²) in [6, 6.07) is 8.85. The lowest BCUT2D eigenvalue weighted by Crippen LogP contribution is -2.44. The Morgan fingerprint density at radius 3 is 2.75 bits per heavy atom. The third-order valence-corrected chi connectivity index (χ3v) is 8.26. The van der Waals surface area contributed by atoms with Crippen LogP contribution in [0.15, 0.2) is 24.3 Å². The van der Waals surface area contributed by atoms with Crippen LogP contribution in [0.2, 0.25) is 0 Å². The molecule has 4 nitrogen and oxygen atoms in total. The fourth-order valence-corrected chi connectivity index (χ4v) is 6.91. The zero-order chi connectivity index (χ0) is 19.1. The van der Waals surface area contributed by atoms with E-state index in [1.54, 1.807) is 0 Å². The molecule has 1 aliphatic heterocycles. The van der Waals surface area contributed by atoms with Crippen LogP contribution in [0, 0.1) is 17.8 Å². The molecule has 1 spiro atoms. The third-order valence-electron chi connectivity index (χ3n) is 8.26. The number of piperidine rings is 1. The van der Waals surface area contributed by atoms with Gasteiger partial charge in [0.15, 0.2) is 0 Å². The summed E-state index contributed by atoms with van der Waals surface area (Å²) in [5, 5.41) is 3.12. The fourth-order valence-electron chi connectivity index (χ4n) is 6.91. The van der Waals surface area contributed by atoms with Gasteiger partial charge in [-0.25, -0.2) is 4.79 Å². The summed E-state index contributed by atoms with van der Waals surface area (Å²) in [6.45, 7) is 6.00. The minimum Gasteiger partial charge on any atom is -0.450 e. The standard InChI is InChI=1S/C24H34N2O2/c1-2-28-23(27)25-22-15-24(21-6-4-3-5-20(21)22)9-11-26(12-10-24)16-19-14-17-7-8-18(19)13-17/h3-6,17-19,22H,2,7-16H2,1H3,(H,25,27)/t17-,18?,19+,22-/m0/s1. The average molecular weight is 383 g/mol. The van der Waals surface area contributed by atoms with Gasteiger partial charge in [-0.1, -0.05) is 30.7 Å². The van der Waals surface area contributed by atoms with E-state index in [9.17, 15) is 4.79 Å². The van der Waals surface area contributed by atoms with E-state index in [1.807, 2.05) is 6.92 Å². The van der Waals surface area contributed by atoms with Crippen molar-refractivity contribution in [2.75, 3.05) is 26.2 Å². The van der Waals surface area contributed by atoms with Gasteiger partial charge in [-0.05, 0) is 87.4 Å². The predicted molar refractivity (Wildman–Crippen MR) is 110 cm³/mol. The van der Waals surface area contributed by atoms with Gasteiger partial charge < -0.3 is 15.0 Å². The Kier molecular flexibility index (Phi) is 4.86. The van der Waals surface area contributed by atoms with Crippen molar-refractivity contribution in [1.82, 2.24) is 10.2 Å². The summed E-state index contributed by atoms with van der Waals surface area (Å²) in [5.74, 6) is 3.02. The summed E-state index contributed by atoms with van der Waals surface area (Å²) < 4.78 is 5.15. The van der Waals surface area contributed by atoms with E-state index >= 15 is 0 Å². The molecule has 1 unspecified atom stereocenters. The second-order valence-electron chi connectivity index (χ2n) is 9.72. The fraction of sp³-hybridized carbons (Fsp3) is 0.708. The minimum absolute atomic E-state index is 0.0902. The maximum absolute atomic E-state index is 12.0. The molecule has 3 aliphatic carbocycles. The molecule has 0 radical (unpaired) electrons. The lowest BCUT2D eigenvalue weighted by atomic mass is 9.73. The topological polar surface area (TPSA) is 41.6 Å². The predicted octanol–water partition coefficient (Wildman–Crippen LogP) is 4.65. The van der Waals surface area contributed by atoms with Crippen LogP contribution in [0.4, 0.5) is 4.79 Å². The Bertz CT molecular complexity index is 725. The van der Waals surface area contributed by atoms with Crippen molar-refractivity contribution in [2.24, 2.45) is 17.8 Å². The molecule has 1 aromatic rings. The van der Waals surface area contributed by atoms with Gasteiger partial charge in [0.05, 0.1) is 12.6 Å². The van der Waals surface area contributed by atoms with E-state index in [0.29, 0.717) is 6.61 Å². The van der Waals surface area contributed by atoms with E-state index in [2.05, 4.69) is 34.5 Å². The molecule has 5 rings (SSSR count). The first kappa shape index (κ1) is 18.5. The monoisotopic (exact) mass is 382 g/mol. The Labute approximate surface area is 169 Å². The quantitative estimate of drug-likeness (QED) is 0.824. The maximum Gasteiger partial charge on any atom is 0.407 e. The number of carbonyl (C=O) groups excluding carboxylic acids is 1. The Balaban J connectivity index is 1.25. The van der Waals surface area contributed by atoms with Crippen LogP contribution in [0.1, 0.15) is 69.0 Å². The van der Waals surface area contributed by atoms with E-state index in [0.717, 1.165) is 24.2 Å². The minimum atomic E-state index is -0.284. The molecular formula is C24H34N2O2. The van der Waals surface area contributed by atoms with Gasteiger partial charge in [0.1, 0.15) is 0 Å². The van der Waals surface area contributed by atoms with Gasteiger partial charge in [-0.2, -0.15) is 0 Å². The summed E-state index contributed by atoms with van der Waals surface area (Å²) in [5.41, 5.74) is 3.00. The molecule has 1 N–H and O–H groups in total. The first-order valence-electron chi connectivity index (χ1n) is 11.4. The Morgan fingerprint density at radius 1 is 1.21 bits per heavy atom. The number of alkyl carbamates (subject to hydrolysis) is 1. The van der Waals surface area contributed by atoms with Crippen LogP contribution >= 0.6 is 0 Å². The number of rotatable bonds is 4. The van der Waals surface area contributed by atoms with Gasteiger partial charge in [0.25, 0.3) is 0 Å². The third kappa shape index (κ3) is 3.24. The molecule has 1 amide bonds. The van der Waals surface area contributed by atoms with E-state index in [1.165, 1.54) is 69.3 Å². The van der Waals surface area contributed by atoms with Crippen molar-refractivity contribution in [1.29, 1.82) is 0 Å². The number of ether oxygens (including phenoxy) is 1. The molecule has 1 aromatic carbocycles. The molecule has 4 heteroatoms. The second kappa shape index (κ2) is 7.37. The molecule has 28 heavy (non-hydrogen) atoms. The summed E-state index contributed by atoms with van der Waals surface area (Å²) in [7, 11) is 0. The Morgan fingerprint density at radius 2 is 2.04 bits per heavy atom. The average Bonchev–Trinajstić information content (AvgIpc) is 3.39. The number of benzene rings is 1. The van der Waals surface area contributed by atoms with Gasteiger partial charge in [-0.15, -0.1) is 0 Å². The van der Waals surface area contributed by atoms with Crippen molar-refractivity contribution in [2.45, 2.75) is 63.3 Å². The van der Waals surface area contributed by atoms with Crippen molar-refractivity contribution < 1.29 is 9.53 Å². The lowest BCUT2D eigenvalue weighted by molar-refractivity contribution is 0.116. The van der Waals surface area contributed by atoms with Gasteiger partial charge in [0.2, 0.25) is 0 Å². The molecule has 152 valence electrons. The summed E-state index contributed by atoms with van der Waals surface area (Å²) >= 11 is 0. The van der Waals surface area contributed by atoms with E-state index in [-0.39, 0.29) is 17.6 Å². The number of hydrogen-bond acceptors (Lipinski definition) is 3. The first-order chi connectivity index (χ1) is 13.7. The molecular weight excluding hydrogens is 348 g/mol. The number of likely N-dealkylation sites (tertiary alicyclic amines) is 1. The van der Waals surface area contributed by atoms with Crippen LogP contribution in [0.5, 0.6) is 0 Å². The van der Waals surface area contributed by atoms with Crippen molar-refractivity contribution in [3.8, 4) is 0 Å². The van der Waals surface area contributed by atoms with Crippen LogP contribution in [0.25, 0.3) is 0 Å². The molecule has 3 fully saturated rings. The lowest BCUT2D eigenvalue weighted by Gasteiger charge is -2.42.